The largest absolute Gasteiger partial charge is 0.478 e. The first-order valence-corrected chi connectivity index (χ1v) is 5.09. The lowest BCUT2D eigenvalue weighted by Crippen LogP contribution is -2.00. The number of carbonyl (C=O) groups is 1. The Morgan fingerprint density at radius 2 is 2.24 bits per heavy atom. The van der Waals surface area contributed by atoms with Gasteiger partial charge in [-0.1, -0.05) is 11.6 Å². The van der Waals surface area contributed by atoms with E-state index in [2.05, 4.69) is 5.10 Å². The van der Waals surface area contributed by atoms with Gasteiger partial charge in [-0.3, -0.25) is 4.68 Å². The van der Waals surface area contributed by atoms with Crippen molar-refractivity contribution in [3.05, 3.63) is 40.8 Å². The lowest BCUT2D eigenvalue weighted by Gasteiger charge is -2.05. The van der Waals surface area contributed by atoms with Crippen LogP contribution in [0.3, 0.4) is 0 Å². The van der Waals surface area contributed by atoms with Crippen molar-refractivity contribution in [2.45, 2.75) is 0 Å². The molecule has 1 heterocycles. The fourth-order valence-electron chi connectivity index (χ4n) is 1.55. The van der Waals surface area contributed by atoms with Crippen LogP contribution in [0.4, 0.5) is 4.39 Å². The number of rotatable bonds is 2. The van der Waals surface area contributed by atoms with E-state index in [0.29, 0.717) is 10.7 Å². The van der Waals surface area contributed by atoms with Gasteiger partial charge in [0.25, 0.3) is 0 Å². The Hall–Kier alpha value is -1.88. The molecule has 0 aliphatic heterocycles. The SMILES string of the molecule is Cn1ncc(Cl)c1-c1ccc(C(=O)O)cc1F. The highest BCUT2D eigenvalue weighted by atomic mass is 35.5. The van der Waals surface area contributed by atoms with Gasteiger partial charge in [-0.15, -0.1) is 0 Å². The van der Waals surface area contributed by atoms with Crippen molar-refractivity contribution >= 4 is 17.6 Å². The molecule has 6 heteroatoms. The van der Waals surface area contributed by atoms with Crippen LogP contribution in [0.5, 0.6) is 0 Å². The van der Waals surface area contributed by atoms with Gasteiger partial charge in [0.1, 0.15) is 5.82 Å². The van der Waals surface area contributed by atoms with Crippen molar-refractivity contribution in [3.8, 4) is 11.3 Å². The van der Waals surface area contributed by atoms with Gasteiger partial charge < -0.3 is 5.11 Å². The third-order valence-corrected chi connectivity index (χ3v) is 2.64. The molecule has 1 aromatic heterocycles. The smallest absolute Gasteiger partial charge is 0.335 e. The maximum Gasteiger partial charge on any atom is 0.335 e. The third kappa shape index (κ3) is 2.01. The summed E-state index contributed by atoms with van der Waals surface area (Å²) in [4.78, 5) is 10.7. The molecule has 0 fully saturated rings. The number of halogens is 2. The van der Waals surface area contributed by atoms with Gasteiger partial charge in [0.15, 0.2) is 0 Å². The predicted octanol–water partition coefficient (Wildman–Crippen LogP) is 2.58. The highest BCUT2D eigenvalue weighted by Gasteiger charge is 2.15. The quantitative estimate of drug-likeness (QED) is 0.896. The molecule has 0 aliphatic carbocycles. The molecule has 0 saturated carbocycles. The number of benzene rings is 1. The molecular weight excluding hydrogens is 247 g/mol. The molecule has 2 rings (SSSR count). The maximum atomic E-state index is 13.8. The molecule has 0 unspecified atom stereocenters. The standard InChI is InChI=1S/C11H8ClFN2O2/c1-15-10(8(12)5-14-15)7-3-2-6(11(16)17)4-9(7)13/h2-5H,1H3,(H,16,17). The molecule has 1 aromatic carbocycles. The van der Waals surface area contributed by atoms with Gasteiger partial charge in [-0.2, -0.15) is 5.10 Å². The number of hydrogen-bond donors (Lipinski definition) is 1. The average Bonchev–Trinajstić information content (AvgIpc) is 2.59. The van der Waals surface area contributed by atoms with E-state index >= 15 is 0 Å². The van der Waals surface area contributed by atoms with Crippen LogP contribution in [0, 0.1) is 5.82 Å². The van der Waals surface area contributed by atoms with Crippen molar-refractivity contribution in [1.29, 1.82) is 0 Å². The van der Waals surface area contributed by atoms with Gasteiger partial charge in [-0.05, 0) is 18.2 Å². The van der Waals surface area contributed by atoms with Crippen molar-refractivity contribution in [2.75, 3.05) is 0 Å². The molecule has 0 radical (unpaired) electrons. The normalized spacial score (nSPS) is 10.5. The van der Waals surface area contributed by atoms with Crippen molar-refractivity contribution in [3.63, 3.8) is 0 Å². The van der Waals surface area contributed by atoms with Gasteiger partial charge in [0.05, 0.1) is 22.5 Å². The molecule has 1 N–H and O–H groups in total. The van der Waals surface area contributed by atoms with Gasteiger partial charge >= 0.3 is 5.97 Å². The molecule has 0 aliphatic rings. The number of aryl methyl sites for hydroxylation is 1. The number of carboxylic acids is 1. The molecule has 0 bridgehead atoms. The number of hydrogen-bond acceptors (Lipinski definition) is 2. The van der Waals surface area contributed by atoms with E-state index in [1.807, 2.05) is 0 Å². The van der Waals surface area contributed by atoms with E-state index in [1.165, 1.54) is 23.0 Å². The monoisotopic (exact) mass is 254 g/mol. The summed E-state index contributed by atoms with van der Waals surface area (Å²) in [7, 11) is 1.63. The van der Waals surface area contributed by atoms with Crippen LogP contribution < -0.4 is 0 Å². The van der Waals surface area contributed by atoms with Gasteiger partial charge in [0, 0.05) is 12.6 Å². The van der Waals surface area contributed by atoms with Crippen LogP contribution in [0.25, 0.3) is 11.3 Å². The zero-order chi connectivity index (χ0) is 12.6. The molecule has 0 amide bonds. The second-order valence-electron chi connectivity index (χ2n) is 3.46. The van der Waals surface area contributed by atoms with Crippen LogP contribution in [0.1, 0.15) is 10.4 Å². The molecule has 88 valence electrons. The first-order chi connectivity index (χ1) is 8.00. The zero-order valence-corrected chi connectivity index (χ0v) is 9.57. The lowest BCUT2D eigenvalue weighted by atomic mass is 10.1. The van der Waals surface area contributed by atoms with Crippen molar-refractivity contribution < 1.29 is 14.3 Å². The van der Waals surface area contributed by atoms with E-state index in [1.54, 1.807) is 7.05 Å². The number of aromatic nitrogens is 2. The fraction of sp³-hybridized carbons (Fsp3) is 0.0909. The Balaban J connectivity index is 2.58. The predicted molar refractivity (Wildman–Crippen MR) is 60.6 cm³/mol. The topological polar surface area (TPSA) is 55.1 Å². The van der Waals surface area contributed by atoms with Crippen LogP contribution in [-0.4, -0.2) is 20.9 Å². The first kappa shape index (κ1) is 11.6. The molecule has 0 spiro atoms. The van der Waals surface area contributed by atoms with Gasteiger partial charge in [-0.25, -0.2) is 9.18 Å². The van der Waals surface area contributed by atoms with Gasteiger partial charge in [0.2, 0.25) is 0 Å². The molecule has 0 saturated heterocycles. The molecule has 4 nitrogen and oxygen atoms in total. The fourth-order valence-corrected chi connectivity index (χ4v) is 1.82. The summed E-state index contributed by atoms with van der Waals surface area (Å²) in [6.45, 7) is 0. The van der Waals surface area contributed by atoms with Crippen molar-refractivity contribution in [2.24, 2.45) is 7.05 Å². The molecule has 2 aromatic rings. The Kier molecular flexibility index (Phi) is 2.85. The minimum Gasteiger partial charge on any atom is -0.478 e. The van der Waals surface area contributed by atoms with Crippen LogP contribution >= 0.6 is 11.6 Å². The van der Waals surface area contributed by atoms with E-state index < -0.39 is 11.8 Å². The number of nitrogens with zero attached hydrogens (tertiary/aromatic N) is 2. The summed E-state index contributed by atoms with van der Waals surface area (Å²) in [6.07, 6.45) is 1.40. The van der Waals surface area contributed by atoms with E-state index in [9.17, 15) is 9.18 Å². The second kappa shape index (κ2) is 4.18. The van der Waals surface area contributed by atoms with E-state index in [4.69, 9.17) is 16.7 Å². The lowest BCUT2D eigenvalue weighted by molar-refractivity contribution is 0.0696. The highest BCUT2D eigenvalue weighted by Crippen LogP contribution is 2.29. The van der Waals surface area contributed by atoms with Crippen molar-refractivity contribution in [1.82, 2.24) is 9.78 Å². The number of aromatic carboxylic acids is 1. The Morgan fingerprint density at radius 1 is 1.53 bits per heavy atom. The summed E-state index contributed by atoms with van der Waals surface area (Å²) in [5.41, 5.74) is 0.533. The van der Waals surface area contributed by atoms with E-state index in [-0.39, 0.29) is 11.1 Å². The minimum absolute atomic E-state index is 0.107. The zero-order valence-electron chi connectivity index (χ0n) is 8.82. The summed E-state index contributed by atoms with van der Waals surface area (Å²) >= 11 is 5.89. The summed E-state index contributed by atoms with van der Waals surface area (Å²) in [5.74, 6) is -1.82. The van der Waals surface area contributed by atoms with Crippen LogP contribution in [0.15, 0.2) is 24.4 Å². The van der Waals surface area contributed by atoms with Crippen LogP contribution in [-0.2, 0) is 7.05 Å². The first-order valence-electron chi connectivity index (χ1n) is 4.71. The summed E-state index contributed by atoms with van der Waals surface area (Å²) in [5, 5.41) is 12.9. The highest BCUT2D eigenvalue weighted by molar-refractivity contribution is 6.33. The Labute approximate surface area is 101 Å². The number of carboxylic acid groups (broad SMARTS) is 1. The Bertz CT molecular complexity index is 576. The second-order valence-corrected chi connectivity index (χ2v) is 3.87. The van der Waals surface area contributed by atoms with E-state index in [0.717, 1.165) is 6.07 Å². The summed E-state index contributed by atoms with van der Waals surface area (Å²) < 4.78 is 15.2. The maximum absolute atomic E-state index is 13.8. The molecule has 0 atom stereocenters. The summed E-state index contributed by atoms with van der Waals surface area (Å²) in [6, 6.07) is 3.66. The molecular formula is C11H8ClFN2O2. The third-order valence-electron chi connectivity index (χ3n) is 2.37. The minimum atomic E-state index is -1.17. The average molecular weight is 255 g/mol. The molecule has 17 heavy (non-hydrogen) atoms. The van der Waals surface area contributed by atoms with Crippen LogP contribution in [0.2, 0.25) is 5.02 Å². The Morgan fingerprint density at radius 3 is 2.71 bits per heavy atom.